The molecule has 1 aliphatic rings. The lowest BCUT2D eigenvalue weighted by molar-refractivity contribution is -0.122. The molecule has 0 bridgehead atoms. The van der Waals surface area contributed by atoms with Gasteiger partial charge in [0.25, 0.3) is 0 Å². The lowest BCUT2D eigenvalue weighted by Crippen LogP contribution is -2.48. The molecule has 1 aromatic rings. The van der Waals surface area contributed by atoms with Crippen molar-refractivity contribution in [1.29, 1.82) is 0 Å². The zero-order valence-corrected chi connectivity index (χ0v) is 10.8. The van der Waals surface area contributed by atoms with E-state index in [9.17, 15) is 9.59 Å². The van der Waals surface area contributed by atoms with Crippen molar-refractivity contribution in [2.75, 3.05) is 13.2 Å². The maximum atomic E-state index is 11.4. The molecule has 0 atom stereocenters. The van der Waals surface area contributed by atoms with Crippen molar-refractivity contribution in [1.82, 2.24) is 5.32 Å². The van der Waals surface area contributed by atoms with Gasteiger partial charge in [-0.3, -0.25) is 4.79 Å². The number of hydrogen-bond donors (Lipinski definition) is 2. The van der Waals surface area contributed by atoms with Crippen LogP contribution in [-0.2, 0) is 15.1 Å². The number of benzene rings is 1. The van der Waals surface area contributed by atoms with Gasteiger partial charge in [0.15, 0.2) is 0 Å². The summed E-state index contributed by atoms with van der Waals surface area (Å²) < 4.78 is 5.34. The molecule has 102 valence electrons. The van der Waals surface area contributed by atoms with Gasteiger partial charge in [0.1, 0.15) is 0 Å². The summed E-state index contributed by atoms with van der Waals surface area (Å²) in [5.41, 5.74) is 0.728. The molecular weight excluding hydrogens is 246 g/mol. The fourth-order valence-electron chi connectivity index (χ4n) is 2.47. The van der Waals surface area contributed by atoms with E-state index >= 15 is 0 Å². The normalized spacial score (nSPS) is 17.7. The zero-order chi connectivity index (χ0) is 13.9. The summed E-state index contributed by atoms with van der Waals surface area (Å²) in [6.45, 7) is 2.66. The predicted molar refractivity (Wildman–Crippen MR) is 68.9 cm³/mol. The molecule has 2 N–H and O–H groups in total. The quantitative estimate of drug-likeness (QED) is 0.867. The second-order valence-corrected chi connectivity index (χ2v) is 4.76. The summed E-state index contributed by atoms with van der Waals surface area (Å²) >= 11 is 0. The highest BCUT2D eigenvalue weighted by atomic mass is 16.5. The average molecular weight is 263 g/mol. The average Bonchev–Trinajstić information content (AvgIpc) is 2.39. The Hall–Kier alpha value is -1.88. The highest BCUT2D eigenvalue weighted by Crippen LogP contribution is 2.32. The first-order valence-corrected chi connectivity index (χ1v) is 6.24. The second kappa shape index (κ2) is 5.40. The first kappa shape index (κ1) is 13.5. The molecule has 0 spiro atoms. The van der Waals surface area contributed by atoms with Crippen LogP contribution in [0.25, 0.3) is 0 Å². The van der Waals surface area contributed by atoms with Crippen LogP contribution in [0.4, 0.5) is 0 Å². The Morgan fingerprint density at radius 2 is 1.79 bits per heavy atom. The van der Waals surface area contributed by atoms with Crippen LogP contribution in [-0.4, -0.2) is 30.2 Å². The van der Waals surface area contributed by atoms with Gasteiger partial charge in [-0.05, 0) is 30.5 Å². The largest absolute Gasteiger partial charge is 0.478 e. The van der Waals surface area contributed by atoms with Crippen molar-refractivity contribution in [2.45, 2.75) is 25.3 Å². The molecule has 0 radical (unpaired) electrons. The molecule has 1 saturated heterocycles. The van der Waals surface area contributed by atoms with Crippen LogP contribution < -0.4 is 5.32 Å². The minimum absolute atomic E-state index is 0.0933. The number of carbonyl (C=O) groups excluding carboxylic acids is 1. The molecular formula is C14H17NO4. The van der Waals surface area contributed by atoms with E-state index in [2.05, 4.69) is 5.32 Å². The van der Waals surface area contributed by atoms with Crippen LogP contribution in [0.1, 0.15) is 35.7 Å². The lowest BCUT2D eigenvalue weighted by Gasteiger charge is -2.38. The van der Waals surface area contributed by atoms with E-state index in [0.29, 0.717) is 26.1 Å². The minimum atomic E-state index is -0.952. The standard InChI is InChI=1S/C14H17NO4/c1-10(16)15-14(6-8-19-9-7-14)12-4-2-11(3-5-12)13(17)18/h2-5H,6-9H2,1H3,(H,15,16)(H,17,18). The predicted octanol–water partition coefficient (Wildman–Crippen LogP) is 1.53. The van der Waals surface area contributed by atoms with Gasteiger partial charge < -0.3 is 15.2 Å². The van der Waals surface area contributed by atoms with Crippen molar-refractivity contribution in [3.63, 3.8) is 0 Å². The van der Waals surface area contributed by atoms with Crippen LogP contribution in [0.3, 0.4) is 0 Å². The number of ether oxygens (including phenoxy) is 1. The van der Waals surface area contributed by atoms with E-state index in [1.807, 2.05) is 0 Å². The van der Waals surface area contributed by atoms with Crippen molar-refractivity contribution in [3.05, 3.63) is 35.4 Å². The van der Waals surface area contributed by atoms with E-state index in [1.165, 1.54) is 6.92 Å². The minimum Gasteiger partial charge on any atom is -0.478 e. The smallest absolute Gasteiger partial charge is 0.335 e. The summed E-state index contributed by atoms with van der Waals surface area (Å²) in [5, 5.41) is 11.9. The number of amides is 1. The monoisotopic (exact) mass is 263 g/mol. The number of carbonyl (C=O) groups is 2. The molecule has 1 aromatic carbocycles. The SMILES string of the molecule is CC(=O)NC1(c2ccc(C(=O)O)cc2)CCOCC1. The third-order valence-electron chi connectivity index (χ3n) is 3.45. The van der Waals surface area contributed by atoms with E-state index in [0.717, 1.165) is 5.56 Å². The Balaban J connectivity index is 2.32. The van der Waals surface area contributed by atoms with Gasteiger partial charge in [-0.2, -0.15) is 0 Å². The topological polar surface area (TPSA) is 75.6 Å². The van der Waals surface area contributed by atoms with E-state index in [4.69, 9.17) is 9.84 Å². The van der Waals surface area contributed by atoms with Gasteiger partial charge in [-0.25, -0.2) is 4.79 Å². The molecule has 1 amide bonds. The molecule has 1 heterocycles. The van der Waals surface area contributed by atoms with E-state index < -0.39 is 11.5 Å². The summed E-state index contributed by atoms with van der Waals surface area (Å²) in [6.07, 6.45) is 1.39. The van der Waals surface area contributed by atoms with E-state index in [1.54, 1.807) is 24.3 Å². The van der Waals surface area contributed by atoms with Gasteiger partial charge in [-0.1, -0.05) is 12.1 Å². The Bertz CT molecular complexity index is 475. The molecule has 1 fully saturated rings. The summed E-state index contributed by atoms with van der Waals surface area (Å²) in [4.78, 5) is 22.3. The van der Waals surface area contributed by atoms with Gasteiger partial charge in [0.05, 0.1) is 11.1 Å². The Labute approximate surface area is 111 Å². The summed E-state index contributed by atoms with van der Waals surface area (Å²) in [7, 11) is 0. The molecule has 5 heteroatoms. The van der Waals surface area contributed by atoms with Crippen molar-refractivity contribution in [3.8, 4) is 0 Å². The number of carboxylic acids is 1. The molecule has 0 saturated carbocycles. The highest BCUT2D eigenvalue weighted by Gasteiger charge is 2.35. The second-order valence-electron chi connectivity index (χ2n) is 4.76. The lowest BCUT2D eigenvalue weighted by atomic mass is 9.82. The number of nitrogens with one attached hydrogen (secondary N) is 1. The molecule has 0 aromatic heterocycles. The zero-order valence-electron chi connectivity index (χ0n) is 10.8. The van der Waals surface area contributed by atoms with Crippen LogP contribution in [0.5, 0.6) is 0 Å². The number of aromatic carboxylic acids is 1. The number of carboxylic acid groups (broad SMARTS) is 1. The Morgan fingerprint density at radius 3 is 2.26 bits per heavy atom. The highest BCUT2D eigenvalue weighted by molar-refractivity contribution is 5.87. The van der Waals surface area contributed by atoms with Crippen LogP contribution in [0.2, 0.25) is 0 Å². The van der Waals surface area contributed by atoms with Crippen molar-refractivity contribution >= 4 is 11.9 Å². The van der Waals surface area contributed by atoms with Gasteiger partial charge >= 0.3 is 5.97 Å². The summed E-state index contributed by atoms with van der Waals surface area (Å²) in [6, 6.07) is 6.67. The molecule has 0 aliphatic carbocycles. The maximum absolute atomic E-state index is 11.4. The van der Waals surface area contributed by atoms with Crippen LogP contribution in [0, 0.1) is 0 Å². The first-order chi connectivity index (χ1) is 9.03. The molecule has 19 heavy (non-hydrogen) atoms. The third-order valence-corrected chi connectivity index (χ3v) is 3.45. The molecule has 2 rings (SSSR count). The third kappa shape index (κ3) is 2.93. The van der Waals surface area contributed by atoms with Crippen molar-refractivity contribution < 1.29 is 19.4 Å². The number of rotatable bonds is 3. The van der Waals surface area contributed by atoms with Crippen molar-refractivity contribution in [2.24, 2.45) is 0 Å². The van der Waals surface area contributed by atoms with Crippen LogP contribution >= 0.6 is 0 Å². The fourth-order valence-corrected chi connectivity index (χ4v) is 2.47. The first-order valence-electron chi connectivity index (χ1n) is 6.24. The molecule has 1 aliphatic heterocycles. The Morgan fingerprint density at radius 1 is 1.21 bits per heavy atom. The molecule has 0 unspecified atom stereocenters. The maximum Gasteiger partial charge on any atom is 0.335 e. The Kier molecular flexibility index (Phi) is 3.85. The summed E-state index contributed by atoms with van der Waals surface area (Å²) in [5.74, 6) is -1.05. The van der Waals surface area contributed by atoms with Gasteiger partial charge in [0, 0.05) is 20.1 Å². The van der Waals surface area contributed by atoms with E-state index in [-0.39, 0.29) is 11.5 Å². The molecule has 5 nitrogen and oxygen atoms in total. The van der Waals surface area contributed by atoms with Gasteiger partial charge in [-0.15, -0.1) is 0 Å². The fraction of sp³-hybridized carbons (Fsp3) is 0.429. The number of hydrogen-bond acceptors (Lipinski definition) is 3. The van der Waals surface area contributed by atoms with Crippen LogP contribution in [0.15, 0.2) is 24.3 Å². The van der Waals surface area contributed by atoms with Gasteiger partial charge in [0.2, 0.25) is 5.91 Å².